The third-order valence-corrected chi connectivity index (χ3v) is 5.12. The highest BCUT2D eigenvalue weighted by Crippen LogP contribution is 2.26. The molecule has 6 N–H and O–H groups in total. The van der Waals surface area contributed by atoms with Crippen molar-refractivity contribution in [1.29, 1.82) is 0 Å². The zero-order valence-corrected chi connectivity index (χ0v) is 17.5. The summed E-state index contributed by atoms with van der Waals surface area (Å²) in [6, 6.07) is 2.59. The Labute approximate surface area is 174 Å². The van der Waals surface area contributed by atoms with Gasteiger partial charge in [0.2, 0.25) is 0 Å². The highest BCUT2D eigenvalue weighted by atomic mass is 19.1. The fraction of sp³-hybridized carbons (Fsp3) is 0.400. The number of primary amides is 1. The van der Waals surface area contributed by atoms with Crippen LogP contribution < -0.4 is 22.1 Å². The topological polar surface area (TPSA) is 137 Å². The molecule has 0 unspecified atom stereocenters. The molecular formula is C20H27FN8O. The van der Waals surface area contributed by atoms with Crippen LogP contribution in [-0.2, 0) is 7.05 Å². The number of pyridine rings is 2. The van der Waals surface area contributed by atoms with Crippen molar-refractivity contribution in [2.75, 3.05) is 10.6 Å². The monoisotopic (exact) mass is 414 g/mol. The van der Waals surface area contributed by atoms with Gasteiger partial charge >= 0.3 is 0 Å². The van der Waals surface area contributed by atoms with E-state index in [1.54, 1.807) is 10.9 Å². The Bertz CT molecular complexity index is 1080. The van der Waals surface area contributed by atoms with Crippen molar-refractivity contribution in [3.63, 3.8) is 0 Å². The lowest BCUT2D eigenvalue weighted by Crippen LogP contribution is -2.39. The highest BCUT2D eigenvalue weighted by Gasteiger charge is 2.21. The summed E-state index contributed by atoms with van der Waals surface area (Å²) in [4.78, 5) is 20.6. The molecule has 30 heavy (non-hydrogen) atoms. The standard InChI is InChI=1S/C20H27FN8O/c1-5-15(22)16(6-2)26-19-14(21)8-13(17(23)30)18(27-19)25-11-7-12-10(3)28-29(4)20(12)24-9-11/h7-9,15-16H,5-6,22H2,1-4H3,(H2,23,30)(H2,25,26,27)/t15-,16+/m0/s1. The van der Waals surface area contributed by atoms with Crippen LogP contribution in [0.4, 0.5) is 21.7 Å². The summed E-state index contributed by atoms with van der Waals surface area (Å²) in [7, 11) is 1.81. The van der Waals surface area contributed by atoms with E-state index >= 15 is 0 Å². The van der Waals surface area contributed by atoms with Crippen LogP contribution in [0.2, 0.25) is 0 Å². The molecule has 2 atom stereocenters. The molecule has 9 nitrogen and oxygen atoms in total. The fourth-order valence-electron chi connectivity index (χ4n) is 3.36. The summed E-state index contributed by atoms with van der Waals surface area (Å²) in [5.74, 6) is -1.33. The summed E-state index contributed by atoms with van der Waals surface area (Å²) < 4.78 is 16.3. The number of aryl methyl sites for hydroxylation is 2. The van der Waals surface area contributed by atoms with E-state index in [1.807, 2.05) is 33.9 Å². The van der Waals surface area contributed by atoms with Crippen LogP contribution >= 0.6 is 0 Å². The van der Waals surface area contributed by atoms with Crippen molar-refractivity contribution < 1.29 is 9.18 Å². The quantitative estimate of drug-likeness (QED) is 0.444. The van der Waals surface area contributed by atoms with E-state index in [0.717, 1.165) is 29.2 Å². The Balaban J connectivity index is 2.00. The number of anilines is 3. The average Bonchev–Trinajstić information content (AvgIpc) is 3.00. The van der Waals surface area contributed by atoms with Crippen molar-refractivity contribution in [1.82, 2.24) is 19.7 Å². The number of hydrogen-bond donors (Lipinski definition) is 4. The molecule has 3 rings (SSSR count). The van der Waals surface area contributed by atoms with Crippen LogP contribution in [0.15, 0.2) is 18.3 Å². The Morgan fingerprint density at radius 3 is 2.63 bits per heavy atom. The maximum atomic E-state index is 14.6. The first-order valence-corrected chi connectivity index (χ1v) is 9.83. The summed E-state index contributed by atoms with van der Waals surface area (Å²) in [6.07, 6.45) is 3.01. The fourth-order valence-corrected chi connectivity index (χ4v) is 3.36. The summed E-state index contributed by atoms with van der Waals surface area (Å²) >= 11 is 0. The van der Waals surface area contributed by atoms with Gasteiger partial charge in [0.1, 0.15) is 5.82 Å². The number of amides is 1. The minimum absolute atomic E-state index is 0.00449. The minimum atomic E-state index is -0.792. The van der Waals surface area contributed by atoms with Crippen LogP contribution in [0, 0.1) is 12.7 Å². The molecule has 3 heterocycles. The molecule has 0 radical (unpaired) electrons. The third kappa shape index (κ3) is 4.18. The largest absolute Gasteiger partial charge is 0.365 e. The van der Waals surface area contributed by atoms with Gasteiger partial charge in [-0.3, -0.25) is 9.48 Å². The molecule has 0 saturated carbocycles. The number of halogens is 1. The van der Waals surface area contributed by atoms with Gasteiger partial charge in [0.15, 0.2) is 17.3 Å². The zero-order chi connectivity index (χ0) is 22.0. The van der Waals surface area contributed by atoms with Gasteiger partial charge in [-0.2, -0.15) is 5.10 Å². The van der Waals surface area contributed by atoms with Gasteiger partial charge in [-0.1, -0.05) is 13.8 Å². The molecule has 10 heteroatoms. The average molecular weight is 414 g/mol. The minimum Gasteiger partial charge on any atom is -0.365 e. The van der Waals surface area contributed by atoms with Gasteiger partial charge < -0.3 is 22.1 Å². The van der Waals surface area contributed by atoms with Crippen molar-refractivity contribution >= 4 is 34.3 Å². The van der Waals surface area contributed by atoms with Crippen LogP contribution in [0.5, 0.6) is 0 Å². The van der Waals surface area contributed by atoms with E-state index in [2.05, 4.69) is 25.7 Å². The van der Waals surface area contributed by atoms with Crippen molar-refractivity contribution in [3.05, 3.63) is 35.4 Å². The first-order valence-electron chi connectivity index (χ1n) is 9.83. The second-order valence-corrected chi connectivity index (χ2v) is 7.24. The predicted octanol–water partition coefficient (Wildman–Crippen LogP) is 2.58. The van der Waals surface area contributed by atoms with E-state index in [-0.39, 0.29) is 29.3 Å². The molecule has 0 bridgehead atoms. The lowest BCUT2D eigenvalue weighted by atomic mass is 10.0. The number of nitrogens with two attached hydrogens (primary N) is 2. The molecule has 0 spiro atoms. The first kappa shape index (κ1) is 21.4. The molecule has 3 aromatic rings. The molecule has 0 fully saturated rings. The predicted molar refractivity (Wildman–Crippen MR) is 115 cm³/mol. The molecule has 160 valence electrons. The van der Waals surface area contributed by atoms with Crippen molar-refractivity contribution in [2.24, 2.45) is 18.5 Å². The van der Waals surface area contributed by atoms with Gasteiger partial charge in [-0.05, 0) is 31.9 Å². The molecule has 3 aromatic heterocycles. The zero-order valence-electron chi connectivity index (χ0n) is 17.5. The third-order valence-electron chi connectivity index (χ3n) is 5.12. The number of nitrogens with one attached hydrogen (secondary N) is 2. The summed E-state index contributed by atoms with van der Waals surface area (Å²) in [5.41, 5.74) is 13.6. The van der Waals surface area contributed by atoms with E-state index in [1.165, 1.54) is 0 Å². The van der Waals surface area contributed by atoms with Gasteiger partial charge in [0.25, 0.3) is 5.91 Å². The second-order valence-electron chi connectivity index (χ2n) is 7.24. The van der Waals surface area contributed by atoms with E-state index in [0.29, 0.717) is 12.1 Å². The van der Waals surface area contributed by atoms with Gasteiger partial charge in [-0.25, -0.2) is 14.4 Å². The van der Waals surface area contributed by atoms with Crippen LogP contribution in [-0.4, -0.2) is 37.7 Å². The summed E-state index contributed by atoms with van der Waals surface area (Å²) in [6.45, 7) is 5.80. The highest BCUT2D eigenvalue weighted by molar-refractivity contribution is 5.98. The second kappa shape index (κ2) is 8.62. The lowest BCUT2D eigenvalue weighted by molar-refractivity contribution is 0.100. The van der Waals surface area contributed by atoms with E-state index in [9.17, 15) is 9.18 Å². The van der Waals surface area contributed by atoms with Crippen LogP contribution in [0.25, 0.3) is 11.0 Å². The maximum Gasteiger partial charge on any atom is 0.252 e. The molecule has 0 aromatic carbocycles. The number of carbonyl (C=O) groups excluding carboxylic acids is 1. The molecule has 0 saturated heterocycles. The molecule has 0 aliphatic heterocycles. The summed E-state index contributed by atoms with van der Waals surface area (Å²) in [5, 5.41) is 11.3. The van der Waals surface area contributed by atoms with E-state index < -0.39 is 11.7 Å². The van der Waals surface area contributed by atoms with Crippen molar-refractivity contribution in [3.8, 4) is 0 Å². The normalized spacial score (nSPS) is 13.3. The lowest BCUT2D eigenvalue weighted by Gasteiger charge is -2.24. The van der Waals surface area contributed by atoms with E-state index in [4.69, 9.17) is 11.5 Å². The Hall–Kier alpha value is -3.27. The Morgan fingerprint density at radius 2 is 2.00 bits per heavy atom. The number of fused-ring (bicyclic) bond motifs is 1. The Kier molecular flexibility index (Phi) is 6.16. The number of carbonyl (C=O) groups is 1. The smallest absolute Gasteiger partial charge is 0.252 e. The molecule has 0 aliphatic rings. The van der Waals surface area contributed by atoms with Crippen LogP contribution in [0.3, 0.4) is 0 Å². The van der Waals surface area contributed by atoms with Gasteiger partial charge in [0, 0.05) is 24.5 Å². The van der Waals surface area contributed by atoms with Crippen molar-refractivity contribution in [2.45, 2.75) is 45.7 Å². The van der Waals surface area contributed by atoms with Gasteiger partial charge in [0.05, 0.1) is 23.1 Å². The number of rotatable bonds is 8. The molecular weight excluding hydrogens is 387 g/mol. The Morgan fingerprint density at radius 1 is 1.27 bits per heavy atom. The van der Waals surface area contributed by atoms with Crippen LogP contribution in [0.1, 0.15) is 42.7 Å². The van der Waals surface area contributed by atoms with Gasteiger partial charge in [-0.15, -0.1) is 0 Å². The molecule has 1 amide bonds. The SMILES string of the molecule is CC[C@H](N)[C@@H](CC)Nc1nc(Nc2cnc3c(c2)c(C)nn3C)c(C(N)=O)cc1F. The first-order chi connectivity index (χ1) is 14.2. The number of aromatic nitrogens is 4. The number of hydrogen-bond acceptors (Lipinski definition) is 7. The number of nitrogens with zero attached hydrogens (tertiary/aromatic N) is 4. The maximum absolute atomic E-state index is 14.6. The molecule has 0 aliphatic carbocycles.